The van der Waals surface area contributed by atoms with E-state index in [-0.39, 0.29) is 0 Å². The van der Waals surface area contributed by atoms with Gasteiger partial charge < -0.3 is 5.32 Å². The van der Waals surface area contributed by atoms with Crippen molar-refractivity contribution in [1.82, 2.24) is 10.2 Å². The predicted octanol–water partition coefficient (Wildman–Crippen LogP) is 3.17. The summed E-state index contributed by atoms with van der Waals surface area (Å²) in [6, 6.07) is 2.65. The molecule has 1 saturated carbocycles. The molecule has 0 radical (unpaired) electrons. The van der Waals surface area contributed by atoms with E-state index in [1.54, 1.807) is 0 Å². The van der Waals surface area contributed by atoms with E-state index in [1.165, 1.54) is 70.9 Å². The van der Waals surface area contributed by atoms with E-state index in [9.17, 15) is 0 Å². The SMILES string of the molecule is CCCNC1CC2CCC(C1)N2CCCC1CC1. The first kappa shape index (κ1) is 12.9. The molecule has 1 aliphatic carbocycles. The molecule has 2 nitrogen and oxygen atoms in total. The zero-order chi connectivity index (χ0) is 12.4. The molecule has 0 amide bonds. The van der Waals surface area contributed by atoms with Gasteiger partial charge in [-0.2, -0.15) is 0 Å². The topological polar surface area (TPSA) is 15.3 Å². The zero-order valence-corrected chi connectivity index (χ0v) is 12.0. The smallest absolute Gasteiger partial charge is 0.0114 e. The van der Waals surface area contributed by atoms with Gasteiger partial charge in [-0.05, 0) is 64.0 Å². The van der Waals surface area contributed by atoms with Crippen LogP contribution in [0.1, 0.15) is 64.7 Å². The van der Waals surface area contributed by atoms with Gasteiger partial charge in [0.1, 0.15) is 0 Å². The van der Waals surface area contributed by atoms with Gasteiger partial charge in [0.05, 0.1) is 0 Å². The second-order valence-electron chi connectivity index (χ2n) is 6.83. The maximum atomic E-state index is 3.75. The highest BCUT2D eigenvalue weighted by Gasteiger charge is 2.39. The number of piperidine rings is 1. The van der Waals surface area contributed by atoms with Crippen LogP contribution in [-0.4, -0.2) is 36.1 Å². The lowest BCUT2D eigenvalue weighted by Gasteiger charge is -2.39. The van der Waals surface area contributed by atoms with Gasteiger partial charge in [0.15, 0.2) is 0 Å². The van der Waals surface area contributed by atoms with Gasteiger partial charge in [-0.1, -0.05) is 19.8 Å². The molecule has 104 valence electrons. The summed E-state index contributed by atoms with van der Waals surface area (Å²) < 4.78 is 0. The van der Waals surface area contributed by atoms with Crippen LogP contribution in [0.4, 0.5) is 0 Å². The van der Waals surface area contributed by atoms with E-state index in [2.05, 4.69) is 17.1 Å². The second kappa shape index (κ2) is 5.92. The van der Waals surface area contributed by atoms with Crippen molar-refractivity contribution in [2.75, 3.05) is 13.1 Å². The fraction of sp³-hybridized carbons (Fsp3) is 1.00. The first-order valence-electron chi connectivity index (χ1n) is 8.36. The van der Waals surface area contributed by atoms with Crippen LogP contribution in [0.25, 0.3) is 0 Å². The molecular weight excluding hydrogens is 220 g/mol. The Balaban J connectivity index is 1.43. The quantitative estimate of drug-likeness (QED) is 0.746. The zero-order valence-electron chi connectivity index (χ0n) is 12.0. The van der Waals surface area contributed by atoms with Gasteiger partial charge in [-0.15, -0.1) is 0 Å². The van der Waals surface area contributed by atoms with E-state index >= 15 is 0 Å². The molecule has 0 aromatic heterocycles. The highest BCUT2D eigenvalue weighted by atomic mass is 15.2. The van der Waals surface area contributed by atoms with Crippen molar-refractivity contribution in [2.24, 2.45) is 5.92 Å². The summed E-state index contributed by atoms with van der Waals surface area (Å²) in [7, 11) is 0. The third kappa shape index (κ3) is 3.08. The molecule has 18 heavy (non-hydrogen) atoms. The van der Waals surface area contributed by atoms with Crippen LogP contribution in [0.2, 0.25) is 0 Å². The molecule has 2 aliphatic heterocycles. The number of hydrogen-bond donors (Lipinski definition) is 1. The minimum Gasteiger partial charge on any atom is -0.314 e. The van der Waals surface area contributed by atoms with Crippen molar-refractivity contribution < 1.29 is 0 Å². The van der Waals surface area contributed by atoms with Gasteiger partial charge in [0, 0.05) is 18.1 Å². The summed E-state index contributed by atoms with van der Waals surface area (Å²) in [5.41, 5.74) is 0. The standard InChI is InChI=1S/C16H30N2/c1-2-9-17-14-11-15-7-8-16(12-14)18(15)10-3-4-13-5-6-13/h13-17H,2-12H2,1H3. The molecule has 2 unspecified atom stereocenters. The van der Waals surface area contributed by atoms with Gasteiger partial charge >= 0.3 is 0 Å². The van der Waals surface area contributed by atoms with Gasteiger partial charge in [-0.3, -0.25) is 4.90 Å². The van der Waals surface area contributed by atoms with Crippen LogP contribution in [0.15, 0.2) is 0 Å². The first-order valence-corrected chi connectivity index (χ1v) is 8.36. The van der Waals surface area contributed by atoms with Crippen LogP contribution in [0.3, 0.4) is 0 Å². The third-order valence-corrected chi connectivity index (χ3v) is 5.29. The lowest BCUT2D eigenvalue weighted by atomic mass is 9.96. The summed E-state index contributed by atoms with van der Waals surface area (Å²) >= 11 is 0. The monoisotopic (exact) mass is 250 g/mol. The molecule has 2 heteroatoms. The van der Waals surface area contributed by atoms with E-state index < -0.39 is 0 Å². The Labute approximate surface area is 113 Å². The Morgan fingerprint density at radius 1 is 1.06 bits per heavy atom. The van der Waals surface area contributed by atoms with Crippen LogP contribution in [-0.2, 0) is 0 Å². The second-order valence-corrected chi connectivity index (χ2v) is 6.83. The lowest BCUT2D eigenvalue weighted by molar-refractivity contribution is 0.114. The van der Waals surface area contributed by atoms with Crippen molar-refractivity contribution in [3.05, 3.63) is 0 Å². The number of rotatable bonds is 7. The molecule has 2 heterocycles. The Kier molecular flexibility index (Phi) is 4.25. The normalized spacial score (nSPS) is 36.2. The molecule has 0 aromatic rings. The average Bonchev–Trinajstić information content (AvgIpc) is 3.15. The molecule has 0 aromatic carbocycles. The summed E-state index contributed by atoms with van der Waals surface area (Å²) in [6.07, 6.45) is 13.1. The number of hydrogen-bond acceptors (Lipinski definition) is 2. The maximum Gasteiger partial charge on any atom is 0.0114 e. The number of fused-ring (bicyclic) bond motifs is 2. The summed E-state index contributed by atoms with van der Waals surface area (Å²) in [5, 5.41) is 3.75. The van der Waals surface area contributed by atoms with Crippen LogP contribution in [0.5, 0.6) is 0 Å². The molecular formula is C16H30N2. The highest BCUT2D eigenvalue weighted by molar-refractivity contribution is 4.97. The van der Waals surface area contributed by atoms with Crippen molar-refractivity contribution in [1.29, 1.82) is 0 Å². The number of nitrogens with zero attached hydrogens (tertiary/aromatic N) is 1. The van der Waals surface area contributed by atoms with Crippen LogP contribution < -0.4 is 5.32 Å². The molecule has 3 rings (SSSR count). The van der Waals surface area contributed by atoms with E-state index in [1.807, 2.05) is 0 Å². The largest absolute Gasteiger partial charge is 0.314 e. The molecule has 0 spiro atoms. The Hall–Kier alpha value is -0.0800. The molecule has 2 bridgehead atoms. The fourth-order valence-electron chi connectivity index (χ4n) is 4.12. The van der Waals surface area contributed by atoms with Gasteiger partial charge in [0.2, 0.25) is 0 Å². The van der Waals surface area contributed by atoms with Gasteiger partial charge in [0.25, 0.3) is 0 Å². The van der Waals surface area contributed by atoms with Crippen molar-refractivity contribution in [3.63, 3.8) is 0 Å². The molecule has 3 aliphatic rings. The van der Waals surface area contributed by atoms with Crippen molar-refractivity contribution in [2.45, 2.75) is 82.8 Å². The Morgan fingerprint density at radius 3 is 2.39 bits per heavy atom. The third-order valence-electron chi connectivity index (χ3n) is 5.29. The van der Waals surface area contributed by atoms with E-state index in [0.717, 1.165) is 24.0 Å². The summed E-state index contributed by atoms with van der Waals surface area (Å²) in [4.78, 5) is 2.87. The van der Waals surface area contributed by atoms with Crippen LogP contribution in [0, 0.1) is 5.92 Å². The lowest BCUT2D eigenvalue weighted by Crippen LogP contribution is -2.49. The van der Waals surface area contributed by atoms with Crippen molar-refractivity contribution in [3.8, 4) is 0 Å². The van der Waals surface area contributed by atoms with Gasteiger partial charge in [-0.25, -0.2) is 0 Å². The van der Waals surface area contributed by atoms with Crippen molar-refractivity contribution >= 4 is 0 Å². The fourth-order valence-corrected chi connectivity index (χ4v) is 4.12. The predicted molar refractivity (Wildman–Crippen MR) is 76.8 cm³/mol. The Morgan fingerprint density at radius 2 is 1.78 bits per heavy atom. The maximum absolute atomic E-state index is 3.75. The van der Waals surface area contributed by atoms with Crippen LogP contribution >= 0.6 is 0 Å². The minimum atomic E-state index is 0.821. The van der Waals surface area contributed by atoms with E-state index in [0.29, 0.717) is 0 Å². The van der Waals surface area contributed by atoms with E-state index in [4.69, 9.17) is 0 Å². The molecule has 3 fully saturated rings. The molecule has 2 saturated heterocycles. The summed E-state index contributed by atoms with van der Waals surface area (Å²) in [6.45, 7) is 4.88. The highest BCUT2D eigenvalue weighted by Crippen LogP contribution is 2.37. The summed E-state index contributed by atoms with van der Waals surface area (Å²) in [5.74, 6) is 1.12. The molecule has 1 N–H and O–H groups in total. The molecule has 2 atom stereocenters. The minimum absolute atomic E-state index is 0.821. The first-order chi connectivity index (χ1) is 8.86. The number of nitrogens with one attached hydrogen (secondary N) is 1. The average molecular weight is 250 g/mol. The Bertz CT molecular complexity index is 248.